The highest BCUT2D eigenvalue weighted by atomic mass is 16.5. The SMILES string of the molecule is COCC(C)(NC(=O)OCC1c2ccccc2-c2ccccc21)C(=O)NC1COCC1C(=O)O. The summed E-state index contributed by atoms with van der Waals surface area (Å²) in [6, 6.07) is 15.3. The highest BCUT2D eigenvalue weighted by Crippen LogP contribution is 2.44. The number of carboxylic acids is 1. The summed E-state index contributed by atoms with van der Waals surface area (Å²) in [6.07, 6.45) is -0.769. The van der Waals surface area contributed by atoms with Crippen LogP contribution in [0.15, 0.2) is 48.5 Å². The second-order valence-electron chi connectivity index (χ2n) is 8.78. The zero-order valence-corrected chi connectivity index (χ0v) is 19.1. The van der Waals surface area contributed by atoms with E-state index in [2.05, 4.69) is 10.6 Å². The van der Waals surface area contributed by atoms with Gasteiger partial charge in [0.2, 0.25) is 5.91 Å². The van der Waals surface area contributed by atoms with E-state index >= 15 is 0 Å². The molecule has 2 amide bonds. The van der Waals surface area contributed by atoms with Crippen LogP contribution in [0.2, 0.25) is 0 Å². The summed E-state index contributed by atoms with van der Waals surface area (Å²) in [5.74, 6) is -2.61. The first-order valence-corrected chi connectivity index (χ1v) is 11.1. The zero-order valence-electron chi connectivity index (χ0n) is 19.1. The van der Waals surface area contributed by atoms with Crippen LogP contribution >= 0.6 is 0 Å². The number of hydrogen-bond donors (Lipinski definition) is 3. The number of benzene rings is 2. The number of rotatable bonds is 8. The number of methoxy groups -OCH3 is 1. The molecule has 9 nitrogen and oxygen atoms in total. The van der Waals surface area contributed by atoms with Gasteiger partial charge in [-0.2, -0.15) is 0 Å². The number of carbonyl (C=O) groups is 3. The summed E-state index contributed by atoms with van der Waals surface area (Å²) in [6.45, 7) is 1.56. The molecule has 3 unspecified atom stereocenters. The molecule has 34 heavy (non-hydrogen) atoms. The molecule has 1 saturated heterocycles. The number of ether oxygens (including phenoxy) is 3. The second-order valence-corrected chi connectivity index (χ2v) is 8.78. The van der Waals surface area contributed by atoms with Gasteiger partial charge in [0.15, 0.2) is 0 Å². The molecule has 0 spiro atoms. The fourth-order valence-corrected chi connectivity index (χ4v) is 4.57. The van der Waals surface area contributed by atoms with E-state index in [0.717, 1.165) is 22.3 Å². The largest absolute Gasteiger partial charge is 0.481 e. The fraction of sp³-hybridized carbons (Fsp3) is 0.400. The van der Waals surface area contributed by atoms with Crippen LogP contribution in [-0.4, -0.2) is 68.2 Å². The van der Waals surface area contributed by atoms with Gasteiger partial charge in [0, 0.05) is 13.0 Å². The Kier molecular flexibility index (Phi) is 6.85. The lowest BCUT2D eigenvalue weighted by atomic mass is 9.98. The molecule has 3 N–H and O–H groups in total. The van der Waals surface area contributed by atoms with Gasteiger partial charge in [-0.25, -0.2) is 4.79 Å². The summed E-state index contributed by atoms with van der Waals surface area (Å²) < 4.78 is 15.9. The summed E-state index contributed by atoms with van der Waals surface area (Å²) in [4.78, 5) is 37.1. The Hall–Kier alpha value is -3.43. The Bertz CT molecular complexity index is 1040. The van der Waals surface area contributed by atoms with Crippen molar-refractivity contribution in [3.63, 3.8) is 0 Å². The number of amides is 2. The molecular weight excluding hydrogens is 440 g/mol. The van der Waals surface area contributed by atoms with Crippen LogP contribution < -0.4 is 10.6 Å². The van der Waals surface area contributed by atoms with E-state index in [-0.39, 0.29) is 32.3 Å². The van der Waals surface area contributed by atoms with E-state index in [1.54, 1.807) is 0 Å². The van der Waals surface area contributed by atoms with Crippen LogP contribution in [0.5, 0.6) is 0 Å². The van der Waals surface area contributed by atoms with Crippen molar-refractivity contribution in [3.8, 4) is 11.1 Å². The van der Waals surface area contributed by atoms with E-state index in [0.29, 0.717) is 0 Å². The molecule has 0 bridgehead atoms. The van der Waals surface area contributed by atoms with Crippen molar-refractivity contribution in [2.24, 2.45) is 5.92 Å². The van der Waals surface area contributed by atoms with Gasteiger partial charge in [0.05, 0.1) is 25.9 Å². The van der Waals surface area contributed by atoms with Gasteiger partial charge >= 0.3 is 12.1 Å². The normalized spacial score (nSPS) is 20.6. The summed E-state index contributed by atoms with van der Waals surface area (Å²) in [5.41, 5.74) is 2.91. The average Bonchev–Trinajstić information content (AvgIpc) is 3.40. The van der Waals surface area contributed by atoms with Gasteiger partial charge in [-0.1, -0.05) is 48.5 Å². The molecule has 2 aromatic rings. The number of fused-ring (bicyclic) bond motifs is 3. The van der Waals surface area contributed by atoms with Gasteiger partial charge < -0.3 is 30.0 Å². The smallest absolute Gasteiger partial charge is 0.408 e. The van der Waals surface area contributed by atoms with E-state index in [9.17, 15) is 19.5 Å². The average molecular weight is 469 g/mol. The van der Waals surface area contributed by atoms with Gasteiger partial charge in [-0.15, -0.1) is 0 Å². The van der Waals surface area contributed by atoms with Crippen LogP contribution in [0.3, 0.4) is 0 Å². The quantitative estimate of drug-likeness (QED) is 0.542. The first kappa shape index (κ1) is 23.7. The first-order chi connectivity index (χ1) is 16.3. The molecule has 1 heterocycles. The molecule has 9 heteroatoms. The van der Waals surface area contributed by atoms with Crippen molar-refractivity contribution in [2.75, 3.05) is 33.5 Å². The van der Waals surface area contributed by atoms with E-state index in [4.69, 9.17) is 14.2 Å². The predicted octanol–water partition coefficient (Wildman–Crippen LogP) is 2.15. The molecule has 0 saturated carbocycles. The van der Waals surface area contributed by atoms with Crippen molar-refractivity contribution in [3.05, 3.63) is 59.7 Å². The third-order valence-corrected chi connectivity index (χ3v) is 6.37. The fourth-order valence-electron chi connectivity index (χ4n) is 4.57. The Balaban J connectivity index is 1.42. The Labute approximate surface area is 197 Å². The maximum Gasteiger partial charge on any atom is 0.408 e. The number of hydrogen-bond acceptors (Lipinski definition) is 6. The molecule has 1 aliphatic carbocycles. The summed E-state index contributed by atoms with van der Waals surface area (Å²) >= 11 is 0. The van der Waals surface area contributed by atoms with Crippen LogP contribution in [0, 0.1) is 5.92 Å². The van der Waals surface area contributed by atoms with Gasteiger partial charge in [0.25, 0.3) is 0 Å². The van der Waals surface area contributed by atoms with E-state index in [1.165, 1.54) is 14.0 Å². The molecule has 0 aromatic heterocycles. The van der Waals surface area contributed by atoms with Crippen LogP contribution in [-0.2, 0) is 23.8 Å². The van der Waals surface area contributed by atoms with Gasteiger partial charge in [0.1, 0.15) is 18.1 Å². The monoisotopic (exact) mass is 468 g/mol. The molecule has 1 fully saturated rings. The van der Waals surface area contributed by atoms with Crippen molar-refractivity contribution >= 4 is 18.0 Å². The summed E-state index contributed by atoms with van der Waals surface area (Å²) in [5, 5.41) is 14.6. The Morgan fingerprint density at radius 3 is 2.26 bits per heavy atom. The lowest BCUT2D eigenvalue weighted by Gasteiger charge is -2.30. The number of nitrogens with one attached hydrogen (secondary N) is 2. The van der Waals surface area contributed by atoms with Crippen LogP contribution in [0.4, 0.5) is 4.79 Å². The molecule has 4 rings (SSSR count). The molecule has 0 radical (unpaired) electrons. The van der Waals surface area contributed by atoms with E-state index in [1.807, 2.05) is 48.5 Å². The predicted molar refractivity (Wildman–Crippen MR) is 122 cm³/mol. The number of alkyl carbamates (subject to hydrolysis) is 1. The van der Waals surface area contributed by atoms with Crippen LogP contribution in [0.25, 0.3) is 11.1 Å². The Morgan fingerprint density at radius 2 is 1.68 bits per heavy atom. The van der Waals surface area contributed by atoms with Gasteiger partial charge in [-0.05, 0) is 29.2 Å². The minimum Gasteiger partial charge on any atom is -0.481 e. The first-order valence-electron chi connectivity index (χ1n) is 11.1. The van der Waals surface area contributed by atoms with Crippen molar-refractivity contribution < 1.29 is 33.7 Å². The topological polar surface area (TPSA) is 123 Å². The highest BCUT2D eigenvalue weighted by Gasteiger charge is 2.41. The molecule has 1 aliphatic heterocycles. The molecule has 2 aliphatic rings. The standard InChI is InChI=1S/C25H28N2O7/c1-25(14-32-2,23(30)26-21-13-33-11-20(21)22(28)29)27-24(31)34-12-19-17-9-5-3-7-15(17)16-8-4-6-10-18(16)19/h3-10,19-21H,11-14H2,1-2H3,(H,26,30)(H,27,31)(H,28,29). The lowest BCUT2D eigenvalue weighted by Crippen LogP contribution is -2.62. The number of aliphatic carboxylic acids is 1. The van der Waals surface area contributed by atoms with Crippen molar-refractivity contribution in [1.82, 2.24) is 10.6 Å². The molecule has 3 atom stereocenters. The maximum absolute atomic E-state index is 13.0. The number of carbonyl (C=O) groups excluding carboxylic acids is 2. The summed E-state index contributed by atoms with van der Waals surface area (Å²) in [7, 11) is 1.41. The highest BCUT2D eigenvalue weighted by molar-refractivity contribution is 5.90. The molecular formula is C25H28N2O7. The van der Waals surface area contributed by atoms with Crippen LogP contribution in [0.1, 0.15) is 24.0 Å². The van der Waals surface area contributed by atoms with Gasteiger partial charge in [-0.3, -0.25) is 9.59 Å². The second kappa shape index (κ2) is 9.82. The van der Waals surface area contributed by atoms with Crippen molar-refractivity contribution in [1.29, 1.82) is 0 Å². The third kappa shape index (κ3) is 4.62. The molecule has 180 valence electrons. The third-order valence-electron chi connectivity index (χ3n) is 6.37. The minimum atomic E-state index is -1.47. The minimum absolute atomic E-state index is 0.0150. The zero-order chi connectivity index (χ0) is 24.3. The lowest BCUT2D eigenvalue weighted by molar-refractivity contribution is -0.142. The Morgan fingerprint density at radius 1 is 1.06 bits per heavy atom. The molecule has 2 aromatic carbocycles. The van der Waals surface area contributed by atoms with Crippen molar-refractivity contribution in [2.45, 2.75) is 24.4 Å². The number of carboxylic acid groups (broad SMARTS) is 1. The van der Waals surface area contributed by atoms with E-state index < -0.39 is 35.5 Å². The maximum atomic E-state index is 13.0.